The van der Waals surface area contributed by atoms with Crippen LogP contribution in [0, 0.1) is 19.8 Å². The molecule has 0 amide bonds. The lowest BCUT2D eigenvalue weighted by Gasteiger charge is -2.36. The summed E-state index contributed by atoms with van der Waals surface area (Å²) in [5, 5.41) is 3.47. The van der Waals surface area contributed by atoms with E-state index in [0.717, 1.165) is 19.0 Å². The van der Waals surface area contributed by atoms with Crippen molar-refractivity contribution in [1.82, 2.24) is 10.2 Å². The third-order valence-electron chi connectivity index (χ3n) is 4.39. The average molecular weight is 274 g/mol. The van der Waals surface area contributed by atoms with Crippen molar-refractivity contribution >= 4 is 0 Å². The third kappa shape index (κ3) is 4.07. The topological polar surface area (TPSA) is 15.3 Å². The van der Waals surface area contributed by atoms with E-state index in [0.29, 0.717) is 6.04 Å². The number of hydrogen-bond acceptors (Lipinski definition) is 2. The molecule has 1 saturated heterocycles. The number of nitrogens with one attached hydrogen (secondary N) is 1. The van der Waals surface area contributed by atoms with E-state index in [2.05, 4.69) is 56.1 Å². The highest BCUT2D eigenvalue weighted by molar-refractivity contribution is 5.33. The fourth-order valence-corrected chi connectivity index (χ4v) is 3.22. The molecule has 20 heavy (non-hydrogen) atoms. The van der Waals surface area contributed by atoms with Crippen LogP contribution in [0.4, 0.5) is 0 Å². The van der Waals surface area contributed by atoms with Crippen molar-refractivity contribution in [2.24, 2.45) is 5.92 Å². The van der Waals surface area contributed by atoms with Crippen LogP contribution < -0.4 is 5.32 Å². The maximum absolute atomic E-state index is 3.47. The molecule has 1 aromatic rings. The summed E-state index contributed by atoms with van der Waals surface area (Å²) in [6.45, 7) is 13.7. The Morgan fingerprint density at radius 2 is 1.80 bits per heavy atom. The molecule has 0 unspecified atom stereocenters. The van der Waals surface area contributed by atoms with Crippen LogP contribution in [0.15, 0.2) is 18.2 Å². The zero-order valence-electron chi connectivity index (χ0n) is 13.6. The van der Waals surface area contributed by atoms with E-state index in [1.807, 2.05) is 0 Å². The van der Waals surface area contributed by atoms with Crippen LogP contribution in [0.3, 0.4) is 0 Å². The van der Waals surface area contributed by atoms with Crippen LogP contribution in [0.5, 0.6) is 0 Å². The highest BCUT2D eigenvalue weighted by Crippen LogP contribution is 2.30. The third-order valence-corrected chi connectivity index (χ3v) is 4.39. The molecule has 1 atom stereocenters. The molecule has 1 fully saturated rings. The molecule has 1 aromatic carbocycles. The smallest absolute Gasteiger partial charge is 0.0351 e. The molecule has 0 aromatic heterocycles. The lowest BCUT2D eigenvalue weighted by Crippen LogP contribution is -2.45. The van der Waals surface area contributed by atoms with E-state index in [1.54, 1.807) is 0 Å². The van der Waals surface area contributed by atoms with Gasteiger partial charge >= 0.3 is 0 Å². The van der Waals surface area contributed by atoms with Gasteiger partial charge in [0.1, 0.15) is 0 Å². The fraction of sp³-hybridized carbons (Fsp3) is 0.667. The van der Waals surface area contributed by atoms with Crippen molar-refractivity contribution < 1.29 is 0 Å². The van der Waals surface area contributed by atoms with Crippen molar-refractivity contribution in [3.63, 3.8) is 0 Å². The fourth-order valence-electron chi connectivity index (χ4n) is 3.22. The highest BCUT2D eigenvalue weighted by Gasteiger charge is 2.23. The summed E-state index contributed by atoms with van der Waals surface area (Å²) < 4.78 is 0. The first-order valence-electron chi connectivity index (χ1n) is 8.10. The van der Waals surface area contributed by atoms with E-state index in [-0.39, 0.29) is 0 Å². The predicted molar refractivity (Wildman–Crippen MR) is 87.2 cm³/mol. The molecule has 0 saturated carbocycles. The molecule has 0 aliphatic carbocycles. The summed E-state index contributed by atoms with van der Waals surface area (Å²) in [6.07, 6.45) is 2.59. The Morgan fingerprint density at radius 3 is 2.40 bits per heavy atom. The van der Waals surface area contributed by atoms with Gasteiger partial charge in [-0.05, 0) is 43.7 Å². The Morgan fingerprint density at radius 1 is 1.10 bits per heavy atom. The van der Waals surface area contributed by atoms with Crippen LogP contribution in [0.25, 0.3) is 0 Å². The van der Waals surface area contributed by atoms with E-state index in [9.17, 15) is 0 Å². The minimum atomic E-state index is 0.597. The van der Waals surface area contributed by atoms with Gasteiger partial charge in [0.05, 0.1) is 0 Å². The Balaban J connectivity index is 2.19. The molecule has 1 N–H and O–H groups in total. The molecule has 1 aliphatic heterocycles. The molecule has 0 bridgehead atoms. The number of piperazine rings is 1. The van der Waals surface area contributed by atoms with Gasteiger partial charge in [0.25, 0.3) is 0 Å². The van der Waals surface area contributed by atoms with E-state index < -0.39 is 0 Å². The molecule has 0 spiro atoms. The molecule has 2 rings (SSSR count). The number of hydrogen-bond donors (Lipinski definition) is 1. The van der Waals surface area contributed by atoms with Crippen LogP contribution in [0.1, 0.15) is 49.4 Å². The first-order chi connectivity index (χ1) is 9.58. The van der Waals surface area contributed by atoms with Gasteiger partial charge in [0.2, 0.25) is 0 Å². The molecule has 2 heteroatoms. The maximum Gasteiger partial charge on any atom is 0.0351 e. The first kappa shape index (κ1) is 15.5. The van der Waals surface area contributed by atoms with Crippen LogP contribution in [0.2, 0.25) is 0 Å². The zero-order chi connectivity index (χ0) is 14.5. The Bertz CT molecular complexity index is 419. The highest BCUT2D eigenvalue weighted by atomic mass is 15.2. The number of aryl methyl sites for hydroxylation is 2. The minimum Gasteiger partial charge on any atom is -0.314 e. The predicted octanol–water partition coefficient (Wildman–Crippen LogP) is 3.69. The lowest BCUT2D eigenvalue weighted by molar-refractivity contribution is 0.159. The Kier molecular flexibility index (Phi) is 5.62. The first-order valence-corrected chi connectivity index (χ1v) is 8.10. The molecular formula is C18H30N2. The summed E-state index contributed by atoms with van der Waals surface area (Å²) in [4.78, 5) is 2.68. The summed E-state index contributed by atoms with van der Waals surface area (Å²) in [6, 6.07) is 7.56. The van der Waals surface area contributed by atoms with Gasteiger partial charge in [-0.1, -0.05) is 37.6 Å². The van der Waals surface area contributed by atoms with Gasteiger partial charge < -0.3 is 5.32 Å². The van der Waals surface area contributed by atoms with Gasteiger partial charge in [-0.3, -0.25) is 4.90 Å². The molecular weight excluding hydrogens is 244 g/mol. The minimum absolute atomic E-state index is 0.597. The summed E-state index contributed by atoms with van der Waals surface area (Å²) >= 11 is 0. The molecule has 1 heterocycles. The van der Waals surface area contributed by atoms with Crippen LogP contribution in [-0.2, 0) is 0 Å². The van der Waals surface area contributed by atoms with E-state index >= 15 is 0 Å². The maximum atomic E-state index is 3.47. The molecule has 0 radical (unpaired) electrons. The monoisotopic (exact) mass is 274 g/mol. The van der Waals surface area contributed by atoms with Gasteiger partial charge in [0.15, 0.2) is 0 Å². The standard InChI is InChI=1S/C18H30N2/c1-14(2)5-8-18(20-11-9-19-10-12-20)17-7-6-15(3)13-16(17)4/h6-7,13-14,18-19H,5,8-12H2,1-4H3/t18-/m1/s1. The van der Waals surface area contributed by atoms with Gasteiger partial charge in [-0.2, -0.15) is 0 Å². The van der Waals surface area contributed by atoms with Crippen molar-refractivity contribution in [3.8, 4) is 0 Å². The largest absolute Gasteiger partial charge is 0.314 e. The zero-order valence-corrected chi connectivity index (χ0v) is 13.6. The number of benzene rings is 1. The van der Waals surface area contributed by atoms with Crippen LogP contribution >= 0.6 is 0 Å². The van der Waals surface area contributed by atoms with Gasteiger partial charge in [-0.25, -0.2) is 0 Å². The second kappa shape index (κ2) is 7.24. The van der Waals surface area contributed by atoms with Crippen LogP contribution in [-0.4, -0.2) is 31.1 Å². The SMILES string of the molecule is Cc1ccc([C@@H](CCC(C)C)N2CCNCC2)c(C)c1. The molecule has 1 aliphatic rings. The van der Waals surface area contributed by atoms with Crippen molar-refractivity contribution in [1.29, 1.82) is 0 Å². The van der Waals surface area contributed by atoms with Crippen molar-refractivity contribution in [3.05, 3.63) is 34.9 Å². The second-order valence-electron chi connectivity index (χ2n) is 6.63. The van der Waals surface area contributed by atoms with Crippen molar-refractivity contribution in [2.45, 2.75) is 46.6 Å². The summed E-state index contributed by atoms with van der Waals surface area (Å²) in [5.41, 5.74) is 4.37. The second-order valence-corrected chi connectivity index (χ2v) is 6.63. The lowest BCUT2D eigenvalue weighted by atomic mass is 9.92. The Hall–Kier alpha value is -0.860. The summed E-state index contributed by atoms with van der Waals surface area (Å²) in [5.74, 6) is 0.783. The molecule has 112 valence electrons. The normalized spacial score (nSPS) is 18.4. The summed E-state index contributed by atoms with van der Waals surface area (Å²) in [7, 11) is 0. The van der Waals surface area contributed by atoms with Crippen molar-refractivity contribution in [2.75, 3.05) is 26.2 Å². The van der Waals surface area contributed by atoms with Gasteiger partial charge in [0, 0.05) is 32.2 Å². The quantitative estimate of drug-likeness (QED) is 0.881. The number of nitrogens with zero attached hydrogens (tertiary/aromatic N) is 1. The number of rotatable bonds is 5. The Labute approximate surface area is 124 Å². The molecule has 2 nitrogen and oxygen atoms in total. The van der Waals surface area contributed by atoms with Gasteiger partial charge in [-0.15, -0.1) is 0 Å². The average Bonchev–Trinajstić information content (AvgIpc) is 2.42. The van der Waals surface area contributed by atoms with E-state index in [4.69, 9.17) is 0 Å². The van der Waals surface area contributed by atoms with E-state index in [1.165, 1.54) is 42.6 Å².